The maximum Gasteiger partial charge on any atom is 0.160 e. The lowest BCUT2D eigenvalue weighted by Gasteiger charge is -2.37. The molecule has 3 aromatic rings. The van der Waals surface area contributed by atoms with Crippen LogP contribution in [0.2, 0.25) is 0 Å². The first-order valence-corrected chi connectivity index (χ1v) is 9.69. The minimum atomic E-state index is 0.345. The van der Waals surface area contributed by atoms with Gasteiger partial charge in [0.1, 0.15) is 12.0 Å². The molecule has 0 aliphatic carbocycles. The van der Waals surface area contributed by atoms with E-state index in [-0.39, 0.29) is 0 Å². The molecule has 1 aliphatic rings. The third-order valence-corrected chi connectivity index (χ3v) is 5.56. The van der Waals surface area contributed by atoms with Crippen molar-refractivity contribution in [1.82, 2.24) is 14.9 Å². The Morgan fingerprint density at radius 2 is 1.79 bits per heavy atom. The van der Waals surface area contributed by atoms with E-state index in [0.29, 0.717) is 6.04 Å². The zero-order valence-corrected chi connectivity index (χ0v) is 17.0. The molecule has 5 heteroatoms. The van der Waals surface area contributed by atoms with E-state index < -0.39 is 0 Å². The van der Waals surface area contributed by atoms with Crippen molar-refractivity contribution < 1.29 is 0 Å². The highest BCUT2D eigenvalue weighted by atomic mass is 15.3. The summed E-state index contributed by atoms with van der Waals surface area (Å²) in [5.74, 6) is 0.936. The molecule has 1 atom stereocenters. The van der Waals surface area contributed by atoms with E-state index in [9.17, 15) is 0 Å². The fourth-order valence-corrected chi connectivity index (χ4v) is 3.70. The van der Waals surface area contributed by atoms with E-state index in [2.05, 4.69) is 95.5 Å². The second-order valence-electron chi connectivity index (χ2n) is 7.76. The Morgan fingerprint density at radius 1 is 1.04 bits per heavy atom. The standard InChI is InChI=1S/C23H27N5/c1-16-10-20-22(11-17(16)2)28(23-21(26-20)13-24-15-25-23)14-19(27(3)4)12-18-8-6-5-7-9-18/h5-11,13,15,19,26H,12,14H2,1-4H3. The zero-order chi connectivity index (χ0) is 19.7. The molecule has 0 spiro atoms. The van der Waals surface area contributed by atoms with Crippen molar-refractivity contribution in [3.8, 4) is 0 Å². The van der Waals surface area contributed by atoms with Crippen LogP contribution in [0.4, 0.5) is 22.9 Å². The van der Waals surface area contributed by atoms with Gasteiger partial charge in [-0.1, -0.05) is 30.3 Å². The third kappa shape index (κ3) is 3.58. The molecule has 144 valence electrons. The van der Waals surface area contributed by atoms with Crippen molar-refractivity contribution in [2.75, 3.05) is 30.9 Å². The molecule has 0 fully saturated rings. The number of hydrogen-bond acceptors (Lipinski definition) is 5. The Labute approximate surface area is 167 Å². The first-order valence-electron chi connectivity index (χ1n) is 9.69. The number of nitrogens with zero attached hydrogens (tertiary/aromatic N) is 4. The average molecular weight is 374 g/mol. The van der Waals surface area contributed by atoms with Gasteiger partial charge >= 0.3 is 0 Å². The molecule has 28 heavy (non-hydrogen) atoms. The molecule has 5 nitrogen and oxygen atoms in total. The molecule has 4 rings (SSSR count). The number of aryl methyl sites for hydroxylation is 2. The van der Waals surface area contributed by atoms with Gasteiger partial charge in [0, 0.05) is 12.6 Å². The van der Waals surface area contributed by atoms with Gasteiger partial charge in [-0.2, -0.15) is 0 Å². The van der Waals surface area contributed by atoms with E-state index in [4.69, 9.17) is 0 Å². The van der Waals surface area contributed by atoms with Crippen LogP contribution in [-0.4, -0.2) is 41.5 Å². The second-order valence-corrected chi connectivity index (χ2v) is 7.76. The predicted octanol–water partition coefficient (Wildman–Crippen LogP) is 4.46. The van der Waals surface area contributed by atoms with Crippen LogP contribution in [-0.2, 0) is 6.42 Å². The fourth-order valence-electron chi connectivity index (χ4n) is 3.70. The normalized spacial score (nSPS) is 13.7. The van der Waals surface area contributed by atoms with Gasteiger partial charge < -0.3 is 15.1 Å². The Kier molecular flexibility index (Phi) is 5.01. The molecular formula is C23H27N5. The third-order valence-electron chi connectivity index (χ3n) is 5.56. The van der Waals surface area contributed by atoms with Gasteiger partial charge in [0.15, 0.2) is 5.82 Å². The monoisotopic (exact) mass is 373 g/mol. The summed E-state index contributed by atoms with van der Waals surface area (Å²) in [5, 5.41) is 3.51. The lowest BCUT2D eigenvalue weighted by molar-refractivity contribution is 0.297. The van der Waals surface area contributed by atoms with Crippen LogP contribution in [0.1, 0.15) is 16.7 Å². The SMILES string of the molecule is Cc1cc2c(cc1C)N(CC(Cc1ccccc1)N(C)C)c1ncncc1N2. The number of aromatic nitrogens is 2. The van der Waals surface area contributed by atoms with Gasteiger partial charge in [0.25, 0.3) is 0 Å². The molecule has 1 aliphatic heterocycles. The number of likely N-dealkylation sites (N-methyl/N-ethyl adjacent to an activating group) is 1. The van der Waals surface area contributed by atoms with Crippen molar-refractivity contribution in [3.63, 3.8) is 0 Å². The van der Waals surface area contributed by atoms with Crippen LogP contribution >= 0.6 is 0 Å². The van der Waals surface area contributed by atoms with Crippen LogP contribution in [0.3, 0.4) is 0 Å². The Balaban J connectivity index is 1.72. The molecule has 2 heterocycles. The number of hydrogen-bond donors (Lipinski definition) is 1. The Hall–Kier alpha value is -2.92. The van der Waals surface area contributed by atoms with E-state index in [1.54, 1.807) is 6.33 Å². The number of benzene rings is 2. The molecule has 0 amide bonds. The molecule has 0 saturated carbocycles. The maximum atomic E-state index is 4.60. The number of anilines is 4. The molecule has 0 bridgehead atoms. The minimum Gasteiger partial charge on any atom is -0.350 e. The molecule has 0 radical (unpaired) electrons. The van der Waals surface area contributed by atoms with Crippen molar-refractivity contribution in [1.29, 1.82) is 0 Å². The highest BCUT2D eigenvalue weighted by Crippen LogP contribution is 2.43. The first kappa shape index (κ1) is 18.4. The van der Waals surface area contributed by atoms with Crippen LogP contribution in [0, 0.1) is 13.8 Å². The highest BCUT2D eigenvalue weighted by molar-refractivity contribution is 5.90. The predicted molar refractivity (Wildman–Crippen MR) is 116 cm³/mol. The molecule has 1 N–H and O–H groups in total. The molecular weight excluding hydrogens is 346 g/mol. The quantitative estimate of drug-likeness (QED) is 0.715. The Morgan fingerprint density at radius 3 is 2.54 bits per heavy atom. The maximum absolute atomic E-state index is 4.60. The van der Waals surface area contributed by atoms with Gasteiger partial charge in [-0.15, -0.1) is 0 Å². The lowest BCUT2D eigenvalue weighted by atomic mass is 10.0. The van der Waals surface area contributed by atoms with Crippen LogP contribution in [0.5, 0.6) is 0 Å². The zero-order valence-electron chi connectivity index (χ0n) is 17.0. The number of fused-ring (bicyclic) bond motifs is 2. The summed E-state index contributed by atoms with van der Waals surface area (Å²) in [5.41, 5.74) is 7.15. The summed E-state index contributed by atoms with van der Waals surface area (Å²) in [6.07, 6.45) is 4.47. The van der Waals surface area contributed by atoms with Gasteiger partial charge in [0.2, 0.25) is 0 Å². The Bertz CT molecular complexity index is 968. The number of rotatable bonds is 5. The van der Waals surface area contributed by atoms with Gasteiger partial charge in [0.05, 0.1) is 17.6 Å². The molecule has 0 saturated heterocycles. The molecule has 2 aromatic carbocycles. The molecule has 1 aromatic heterocycles. The lowest BCUT2D eigenvalue weighted by Crippen LogP contribution is -2.41. The average Bonchev–Trinajstić information content (AvgIpc) is 2.69. The van der Waals surface area contributed by atoms with E-state index in [1.165, 1.54) is 22.4 Å². The van der Waals surface area contributed by atoms with Gasteiger partial charge in [-0.3, -0.25) is 0 Å². The van der Waals surface area contributed by atoms with Crippen LogP contribution in [0.25, 0.3) is 0 Å². The minimum absolute atomic E-state index is 0.345. The highest BCUT2D eigenvalue weighted by Gasteiger charge is 2.27. The van der Waals surface area contributed by atoms with Crippen LogP contribution < -0.4 is 10.2 Å². The molecule has 1 unspecified atom stereocenters. The summed E-state index contributed by atoms with van der Waals surface area (Å²) in [4.78, 5) is 13.5. The van der Waals surface area contributed by atoms with Gasteiger partial charge in [-0.25, -0.2) is 9.97 Å². The van der Waals surface area contributed by atoms with E-state index in [1.807, 2.05) is 6.20 Å². The first-order chi connectivity index (χ1) is 13.5. The smallest absolute Gasteiger partial charge is 0.160 e. The summed E-state index contributed by atoms with van der Waals surface area (Å²) < 4.78 is 0. The van der Waals surface area contributed by atoms with Crippen molar-refractivity contribution in [2.24, 2.45) is 0 Å². The summed E-state index contributed by atoms with van der Waals surface area (Å²) in [6, 6.07) is 15.5. The fraction of sp³-hybridized carbons (Fsp3) is 0.304. The second kappa shape index (κ2) is 7.60. The summed E-state index contributed by atoms with van der Waals surface area (Å²) in [6.45, 7) is 5.16. The van der Waals surface area contributed by atoms with E-state index in [0.717, 1.165) is 30.2 Å². The van der Waals surface area contributed by atoms with Crippen molar-refractivity contribution >= 4 is 22.9 Å². The summed E-state index contributed by atoms with van der Waals surface area (Å²) >= 11 is 0. The number of nitrogens with one attached hydrogen (secondary N) is 1. The summed E-state index contributed by atoms with van der Waals surface area (Å²) in [7, 11) is 4.30. The van der Waals surface area contributed by atoms with Crippen molar-refractivity contribution in [3.05, 3.63) is 71.7 Å². The van der Waals surface area contributed by atoms with Crippen LogP contribution in [0.15, 0.2) is 55.0 Å². The van der Waals surface area contributed by atoms with Gasteiger partial charge in [-0.05, 0) is 63.2 Å². The largest absolute Gasteiger partial charge is 0.350 e. The van der Waals surface area contributed by atoms with E-state index >= 15 is 0 Å². The topological polar surface area (TPSA) is 44.3 Å². The van der Waals surface area contributed by atoms with Crippen molar-refractivity contribution in [2.45, 2.75) is 26.3 Å².